The number of thioether (sulfide) groups is 1. The molecule has 140 valence electrons. The molecule has 0 aliphatic carbocycles. The van der Waals surface area contributed by atoms with Crippen molar-refractivity contribution in [1.29, 1.82) is 0 Å². The lowest BCUT2D eigenvalue weighted by Gasteiger charge is -2.13. The van der Waals surface area contributed by atoms with Crippen LogP contribution in [-0.4, -0.2) is 37.3 Å². The van der Waals surface area contributed by atoms with Crippen LogP contribution in [0.2, 0.25) is 0 Å². The van der Waals surface area contributed by atoms with Crippen LogP contribution in [0.5, 0.6) is 0 Å². The molecular weight excluding hydrogens is 384 g/mol. The van der Waals surface area contributed by atoms with Crippen molar-refractivity contribution < 1.29 is 9.59 Å². The Morgan fingerprint density at radius 2 is 2.04 bits per heavy atom. The average Bonchev–Trinajstić information content (AvgIpc) is 3.30. The summed E-state index contributed by atoms with van der Waals surface area (Å²) in [6.45, 7) is 1.84. The van der Waals surface area contributed by atoms with E-state index in [2.05, 4.69) is 25.8 Å². The Labute approximate surface area is 164 Å². The average molecular weight is 403 g/mol. The molecule has 0 radical (unpaired) electrons. The van der Waals surface area contributed by atoms with Crippen molar-refractivity contribution in [1.82, 2.24) is 25.1 Å². The van der Waals surface area contributed by atoms with E-state index >= 15 is 0 Å². The first-order valence-electron chi connectivity index (χ1n) is 8.12. The quantitative estimate of drug-likeness (QED) is 0.589. The number of rotatable bonds is 7. The minimum absolute atomic E-state index is 0.162. The molecule has 0 unspecified atom stereocenters. The van der Waals surface area contributed by atoms with Gasteiger partial charge in [0.15, 0.2) is 16.1 Å². The lowest BCUT2D eigenvalue weighted by atomic mass is 10.2. The highest BCUT2D eigenvalue weighted by Crippen LogP contribution is 2.20. The molecule has 0 saturated carbocycles. The number of nitrogens with one attached hydrogen (secondary N) is 2. The molecule has 10 heteroatoms. The molecule has 1 atom stereocenters. The Balaban J connectivity index is 1.57. The van der Waals surface area contributed by atoms with Crippen LogP contribution in [0.4, 0.5) is 5.13 Å². The predicted molar refractivity (Wildman–Crippen MR) is 105 cm³/mol. The number of hydrogen-bond donors (Lipinski definition) is 2. The van der Waals surface area contributed by atoms with Gasteiger partial charge in [-0.3, -0.25) is 9.59 Å². The summed E-state index contributed by atoms with van der Waals surface area (Å²) in [6, 6.07) is 8.66. The second-order valence-corrected chi connectivity index (χ2v) is 7.47. The summed E-state index contributed by atoms with van der Waals surface area (Å²) in [6.07, 6.45) is 1.63. The van der Waals surface area contributed by atoms with Gasteiger partial charge in [0.25, 0.3) is 5.91 Å². The Morgan fingerprint density at radius 3 is 2.74 bits per heavy atom. The predicted octanol–water partition coefficient (Wildman–Crippen LogP) is 2.49. The molecule has 0 saturated heterocycles. The number of carbonyl (C=O) groups is 2. The van der Waals surface area contributed by atoms with Crippen molar-refractivity contribution in [2.24, 2.45) is 7.05 Å². The second-order valence-electron chi connectivity index (χ2n) is 5.64. The second kappa shape index (κ2) is 8.78. The summed E-state index contributed by atoms with van der Waals surface area (Å²) in [4.78, 5) is 28.3. The first-order valence-corrected chi connectivity index (χ1v) is 9.98. The van der Waals surface area contributed by atoms with E-state index in [4.69, 9.17) is 0 Å². The summed E-state index contributed by atoms with van der Waals surface area (Å²) >= 11 is 2.63. The highest BCUT2D eigenvalue weighted by molar-refractivity contribution is 7.99. The fourth-order valence-corrected chi connectivity index (χ4v) is 3.60. The minimum atomic E-state index is -0.325. The number of benzene rings is 1. The van der Waals surface area contributed by atoms with E-state index in [0.717, 1.165) is 0 Å². The largest absolute Gasteiger partial charge is 0.342 e. The molecular formula is C17H18N6O2S2. The van der Waals surface area contributed by atoms with Gasteiger partial charge in [0, 0.05) is 24.2 Å². The third-order valence-electron chi connectivity index (χ3n) is 3.65. The van der Waals surface area contributed by atoms with Gasteiger partial charge in [-0.1, -0.05) is 30.0 Å². The number of nitrogens with zero attached hydrogens (tertiary/aromatic N) is 4. The summed E-state index contributed by atoms with van der Waals surface area (Å²) in [5.41, 5.74) is 0.583. The van der Waals surface area contributed by atoms with Gasteiger partial charge < -0.3 is 15.2 Å². The molecule has 8 nitrogen and oxygen atoms in total. The SMILES string of the molecule is C[C@@H](NC(=O)c1ccccc1)c1nnc(SCC(=O)Nc2nccs2)n1C. The van der Waals surface area contributed by atoms with E-state index < -0.39 is 0 Å². The molecule has 0 aliphatic rings. The van der Waals surface area contributed by atoms with Crippen LogP contribution < -0.4 is 10.6 Å². The molecule has 0 fully saturated rings. The van der Waals surface area contributed by atoms with E-state index in [1.165, 1.54) is 23.1 Å². The van der Waals surface area contributed by atoms with E-state index in [0.29, 0.717) is 21.7 Å². The maximum Gasteiger partial charge on any atom is 0.251 e. The van der Waals surface area contributed by atoms with Gasteiger partial charge >= 0.3 is 0 Å². The smallest absolute Gasteiger partial charge is 0.251 e. The fourth-order valence-electron chi connectivity index (χ4n) is 2.33. The van der Waals surface area contributed by atoms with Crippen molar-refractivity contribution in [3.05, 3.63) is 53.3 Å². The molecule has 2 aromatic heterocycles. The number of hydrogen-bond acceptors (Lipinski definition) is 7. The van der Waals surface area contributed by atoms with Gasteiger partial charge in [-0.25, -0.2) is 4.98 Å². The lowest BCUT2D eigenvalue weighted by molar-refractivity contribution is -0.113. The van der Waals surface area contributed by atoms with Gasteiger partial charge in [0.05, 0.1) is 11.8 Å². The van der Waals surface area contributed by atoms with E-state index in [9.17, 15) is 9.59 Å². The Kier molecular flexibility index (Phi) is 6.20. The monoisotopic (exact) mass is 402 g/mol. The van der Waals surface area contributed by atoms with Gasteiger partial charge in [-0.05, 0) is 19.1 Å². The molecule has 3 rings (SSSR count). The summed E-state index contributed by atoms with van der Waals surface area (Å²) in [5, 5.41) is 16.8. The van der Waals surface area contributed by atoms with Crippen LogP contribution in [0, 0.1) is 0 Å². The number of aromatic nitrogens is 4. The van der Waals surface area contributed by atoms with E-state index in [-0.39, 0.29) is 23.6 Å². The molecule has 1 aromatic carbocycles. The van der Waals surface area contributed by atoms with Crippen LogP contribution in [0.3, 0.4) is 0 Å². The molecule has 0 bridgehead atoms. The first-order chi connectivity index (χ1) is 13.0. The lowest BCUT2D eigenvalue weighted by Crippen LogP contribution is -2.28. The third-order valence-corrected chi connectivity index (χ3v) is 5.36. The minimum Gasteiger partial charge on any atom is -0.342 e. The zero-order valence-corrected chi connectivity index (χ0v) is 16.4. The highest BCUT2D eigenvalue weighted by atomic mass is 32.2. The van der Waals surface area contributed by atoms with Gasteiger partial charge in [-0.2, -0.15) is 0 Å². The Bertz CT molecular complexity index is 911. The number of thiazole rings is 1. The molecule has 0 aliphatic heterocycles. The topological polar surface area (TPSA) is 102 Å². The maximum absolute atomic E-state index is 12.3. The summed E-state index contributed by atoms with van der Waals surface area (Å²) < 4.78 is 1.78. The van der Waals surface area contributed by atoms with Gasteiger partial charge in [0.2, 0.25) is 5.91 Å². The standard InChI is InChI=1S/C17H18N6O2S2/c1-11(19-15(25)12-6-4-3-5-7-12)14-21-22-17(23(14)2)27-10-13(24)20-16-18-8-9-26-16/h3-9,11H,10H2,1-2H3,(H,19,25)(H,18,20,24)/t11-/m1/s1. The zero-order valence-electron chi connectivity index (χ0n) is 14.7. The van der Waals surface area contributed by atoms with Gasteiger partial charge in [-0.15, -0.1) is 21.5 Å². The van der Waals surface area contributed by atoms with Crippen molar-refractivity contribution in [3.63, 3.8) is 0 Å². The zero-order chi connectivity index (χ0) is 19.2. The van der Waals surface area contributed by atoms with Crippen LogP contribution in [-0.2, 0) is 11.8 Å². The van der Waals surface area contributed by atoms with Crippen molar-refractivity contribution in [3.8, 4) is 0 Å². The maximum atomic E-state index is 12.3. The van der Waals surface area contributed by atoms with Crippen LogP contribution in [0.15, 0.2) is 47.1 Å². The number of carbonyl (C=O) groups excluding carboxylic acids is 2. The number of amides is 2. The fraction of sp³-hybridized carbons (Fsp3) is 0.235. The Hall–Kier alpha value is -2.72. The summed E-state index contributed by atoms with van der Waals surface area (Å²) in [5.74, 6) is 0.464. The number of anilines is 1. The normalized spacial score (nSPS) is 11.8. The van der Waals surface area contributed by atoms with Crippen LogP contribution in [0.1, 0.15) is 29.1 Å². The highest BCUT2D eigenvalue weighted by Gasteiger charge is 2.19. The third kappa shape index (κ3) is 4.92. The molecule has 2 amide bonds. The molecule has 2 N–H and O–H groups in total. The van der Waals surface area contributed by atoms with Crippen LogP contribution >= 0.6 is 23.1 Å². The van der Waals surface area contributed by atoms with Crippen LogP contribution in [0.25, 0.3) is 0 Å². The molecule has 3 aromatic rings. The van der Waals surface area contributed by atoms with Gasteiger partial charge in [0.1, 0.15) is 0 Å². The molecule has 27 heavy (non-hydrogen) atoms. The Morgan fingerprint density at radius 1 is 1.26 bits per heavy atom. The molecule has 2 heterocycles. The van der Waals surface area contributed by atoms with E-state index in [1.807, 2.05) is 32.2 Å². The summed E-state index contributed by atoms with van der Waals surface area (Å²) in [7, 11) is 1.81. The first kappa shape index (κ1) is 19.1. The van der Waals surface area contributed by atoms with Crippen molar-refractivity contribution in [2.75, 3.05) is 11.1 Å². The molecule has 0 spiro atoms. The van der Waals surface area contributed by atoms with Crippen molar-refractivity contribution in [2.45, 2.75) is 18.1 Å². The van der Waals surface area contributed by atoms with E-state index in [1.54, 1.807) is 28.3 Å². The van der Waals surface area contributed by atoms with Crippen molar-refractivity contribution >= 4 is 40.0 Å².